The minimum Gasteiger partial charge on any atom is -0.432 e. The normalized spacial score (nSPS) is 16.8. The van der Waals surface area contributed by atoms with E-state index in [1.807, 2.05) is 60.7 Å². The second kappa shape index (κ2) is 26.7. The molecule has 432 valence electrons. The summed E-state index contributed by atoms with van der Waals surface area (Å²) in [6.07, 6.45) is 2.10. The molecule has 4 aromatic carbocycles. The number of hydrogen-bond acceptors (Lipinski definition) is 21. The topological polar surface area (TPSA) is 384 Å². The van der Waals surface area contributed by atoms with Crippen molar-refractivity contribution in [3.8, 4) is 22.3 Å². The smallest absolute Gasteiger partial charge is 0.432 e. The second-order valence-corrected chi connectivity index (χ2v) is 20.3. The molecule has 0 spiro atoms. The second-order valence-electron chi connectivity index (χ2n) is 17.9. The van der Waals surface area contributed by atoms with E-state index in [0.29, 0.717) is 21.5 Å². The molecule has 4 heterocycles. The fraction of sp³-hybridized carbons (Fsp3) is 0.231. The van der Waals surface area contributed by atoms with E-state index in [9.17, 15) is 57.5 Å². The van der Waals surface area contributed by atoms with Gasteiger partial charge in [-0.25, -0.2) is 9.59 Å². The molecule has 2 atom stereocenters. The summed E-state index contributed by atoms with van der Waals surface area (Å²) in [5, 5.41) is 6.39. The third-order valence-electron chi connectivity index (χ3n) is 12.7. The first-order valence-electron chi connectivity index (χ1n) is 24.3. The predicted octanol–water partition coefficient (Wildman–Crippen LogP) is 3.56. The zero-order valence-electron chi connectivity index (χ0n) is 42.6. The van der Waals surface area contributed by atoms with Gasteiger partial charge in [-0.15, -0.1) is 12.6 Å². The lowest BCUT2D eigenvalue weighted by Crippen LogP contribution is -2.33. The van der Waals surface area contributed by atoms with Crippen molar-refractivity contribution in [1.82, 2.24) is 19.9 Å². The molecule has 10 amide bonds. The molecule has 10 rings (SSSR count). The number of amides is 10. The van der Waals surface area contributed by atoms with Gasteiger partial charge in [-0.3, -0.25) is 72.0 Å². The van der Waals surface area contributed by atoms with Crippen LogP contribution in [0.1, 0.15) is 72.6 Å². The number of hydrogen-bond donors (Lipinski definition) is 3. The van der Waals surface area contributed by atoms with Gasteiger partial charge in [0.1, 0.15) is 13.2 Å². The summed E-state index contributed by atoms with van der Waals surface area (Å²) >= 11 is 0. The first-order chi connectivity index (χ1) is 39.4. The van der Waals surface area contributed by atoms with Crippen LogP contribution >= 0.6 is 10.7 Å². The van der Waals surface area contributed by atoms with Crippen molar-refractivity contribution >= 4 is 113 Å². The highest BCUT2D eigenvalue weighted by Gasteiger charge is 2.37. The molecule has 2 fully saturated rings. The maximum absolute atomic E-state index is 12.5. The Labute approximate surface area is 474 Å². The SMILES string of the molecule is O=C(CCN1C(=O)C=CC1=O)Nc1ccc2c(c1)C(COC(=O)ON1C(=O)CCC1=O)c1ccccc1-2.O=C(CCN1C(=O)C=CC1=O)Nc1ccc2c(c1)C(COC(=O)ON1C(=O)CCC1=O)c1ccccc1-2.O=S(=O)(O)Cl.O=S(=O)=O. The molecule has 4 aromatic rings. The van der Waals surface area contributed by atoms with Crippen LogP contribution in [-0.4, -0.2) is 143 Å². The molecule has 0 bridgehead atoms. The van der Waals surface area contributed by atoms with Gasteiger partial charge in [0.15, 0.2) is 0 Å². The number of imide groups is 4. The molecule has 0 radical (unpaired) electrons. The van der Waals surface area contributed by atoms with Crippen molar-refractivity contribution < 1.29 is 102 Å². The Kier molecular flexibility index (Phi) is 19.5. The van der Waals surface area contributed by atoms with Gasteiger partial charge >= 0.3 is 32.3 Å². The number of fused-ring (bicyclic) bond motifs is 6. The summed E-state index contributed by atoms with van der Waals surface area (Å²) in [4.78, 5) is 154. The van der Waals surface area contributed by atoms with Gasteiger partial charge in [0.05, 0.1) is 0 Å². The third kappa shape index (κ3) is 15.8. The Bertz CT molecular complexity index is 3410. The van der Waals surface area contributed by atoms with Crippen LogP contribution in [0.4, 0.5) is 21.0 Å². The van der Waals surface area contributed by atoms with Gasteiger partial charge in [-0.2, -0.15) is 8.42 Å². The summed E-state index contributed by atoms with van der Waals surface area (Å²) in [6.45, 7) is -0.313. The van der Waals surface area contributed by atoms with E-state index in [-0.39, 0.29) is 88.5 Å². The lowest BCUT2D eigenvalue weighted by atomic mass is 9.97. The van der Waals surface area contributed by atoms with Gasteiger partial charge in [0.25, 0.3) is 47.3 Å². The average Bonchev–Trinajstić information content (AvgIpc) is 2.72. The minimum absolute atomic E-state index is 0.0223. The van der Waals surface area contributed by atoms with Gasteiger partial charge in [-0.1, -0.05) is 70.8 Å². The fourth-order valence-corrected chi connectivity index (χ4v) is 9.13. The molecule has 0 aromatic heterocycles. The molecule has 6 aliphatic rings. The Morgan fingerprint density at radius 2 is 0.819 bits per heavy atom. The highest BCUT2D eigenvalue weighted by molar-refractivity contribution is 8.09. The Morgan fingerprint density at radius 3 is 1.14 bits per heavy atom. The highest BCUT2D eigenvalue weighted by Crippen LogP contribution is 2.47. The number of nitrogens with zero attached hydrogens (tertiary/aromatic N) is 4. The quantitative estimate of drug-likeness (QED) is 0.0703. The van der Waals surface area contributed by atoms with Crippen LogP contribution in [0.3, 0.4) is 0 Å². The van der Waals surface area contributed by atoms with Crippen molar-refractivity contribution in [1.29, 1.82) is 0 Å². The van der Waals surface area contributed by atoms with E-state index in [4.69, 9.17) is 44.7 Å². The van der Waals surface area contributed by atoms with Crippen LogP contribution in [0.15, 0.2) is 109 Å². The number of hydroxylamine groups is 4. The number of anilines is 2. The largest absolute Gasteiger partial charge is 0.533 e. The molecule has 2 unspecified atom stereocenters. The maximum Gasteiger partial charge on any atom is 0.533 e. The van der Waals surface area contributed by atoms with Crippen molar-refractivity contribution in [2.75, 3.05) is 36.9 Å². The average molecular weight is 1200 g/mol. The summed E-state index contributed by atoms with van der Waals surface area (Å²) < 4.78 is 61.0. The number of rotatable bonds is 14. The monoisotopic (exact) mass is 1200 g/mol. The maximum atomic E-state index is 12.5. The van der Waals surface area contributed by atoms with Gasteiger partial charge < -0.3 is 20.1 Å². The van der Waals surface area contributed by atoms with Crippen LogP contribution in [0.25, 0.3) is 22.3 Å². The molecule has 2 aliphatic carbocycles. The first-order valence-corrected chi connectivity index (χ1v) is 27.6. The molecule has 31 heteroatoms. The van der Waals surface area contributed by atoms with Crippen molar-refractivity contribution in [3.05, 3.63) is 131 Å². The number of carbonyl (C=O) groups is 12. The first kappa shape index (κ1) is 60.9. The summed E-state index contributed by atoms with van der Waals surface area (Å²) in [6, 6.07) is 25.9. The lowest BCUT2D eigenvalue weighted by molar-refractivity contribution is -0.177. The van der Waals surface area contributed by atoms with Crippen LogP contribution in [0.5, 0.6) is 0 Å². The zero-order chi connectivity index (χ0) is 60.3. The minimum atomic E-state index is -4.19. The van der Waals surface area contributed by atoms with Crippen LogP contribution in [-0.2, 0) is 87.0 Å². The van der Waals surface area contributed by atoms with Crippen molar-refractivity contribution in [2.45, 2.75) is 50.4 Å². The van der Waals surface area contributed by atoms with Crippen molar-refractivity contribution in [2.24, 2.45) is 0 Å². The molecular formula is C52H43ClN6O22S2. The summed E-state index contributed by atoms with van der Waals surface area (Å²) in [7, 11) is -3.25. The molecular weight excluding hydrogens is 1160 g/mol. The van der Waals surface area contributed by atoms with E-state index in [2.05, 4.69) is 21.3 Å². The standard InChI is InChI=1S/2C26H21N3O8.ClHO3S.O3S/c2*30-21(11-12-28-22(31)7-8-23(28)32)27-15-5-6-18-16-3-1-2-4-17(16)20(19(18)13-15)14-36-26(35)37-29-24(33)9-10-25(29)34;1-5(2,3)4;1-4(2)3/h2*1-8,13,20H,9-12,14H2,(H,27,30);(H,2,3,4);. The molecule has 83 heavy (non-hydrogen) atoms. The van der Waals surface area contributed by atoms with E-state index in [1.54, 1.807) is 24.3 Å². The predicted molar refractivity (Wildman–Crippen MR) is 280 cm³/mol. The van der Waals surface area contributed by atoms with Crippen molar-refractivity contribution in [3.63, 3.8) is 0 Å². The Morgan fingerprint density at radius 1 is 0.518 bits per heavy atom. The van der Waals surface area contributed by atoms with Gasteiger partial charge in [0, 0.05) is 110 Å². The number of benzene rings is 4. The number of ether oxygens (including phenoxy) is 2. The van der Waals surface area contributed by atoms with Gasteiger partial charge in [-0.05, 0) is 68.8 Å². The molecule has 2 saturated heterocycles. The Balaban J connectivity index is 0.000000208. The van der Waals surface area contributed by atoms with E-state index < -0.39 is 79.5 Å². The van der Waals surface area contributed by atoms with Crippen LogP contribution < -0.4 is 10.6 Å². The molecule has 4 aliphatic heterocycles. The fourth-order valence-electron chi connectivity index (χ4n) is 9.13. The Hall–Kier alpha value is -9.78. The molecule has 3 N–H and O–H groups in total. The number of carbonyl (C=O) groups excluding carboxylic acids is 12. The number of halogens is 1. The van der Waals surface area contributed by atoms with Gasteiger partial charge in [0.2, 0.25) is 11.8 Å². The van der Waals surface area contributed by atoms with E-state index in [1.165, 1.54) is 0 Å². The zero-order valence-corrected chi connectivity index (χ0v) is 45.0. The number of nitrogens with one attached hydrogen (secondary N) is 2. The highest BCUT2D eigenvalue weighted by atomic mass is 35.7. The van der Waals surface area contributed by atoms with E-state index in [0.717, 1.165) is 78.6 Å². The molecule has 28 nitrogen and oxygen atoms in total. The van der Waals surface area contributed by atoms with Crippen LogP contribution in [0, 0.1) is 0 Å². The molecule has 0 saturated carbocycles. The van der Waals surface area contributed by atoms with Crippen LogP contribution in [0.2, 0.25) is 0 Å². The van der Waals surface area contributed by atoms with E-state index >= 15 is 0 Å². The third-order valence-corrected chi connectivity index (χ3v) is 12.7. The summed E-state index contributed by atoms with van der Waals surface area (Å²) in [5.74, 6) is -5.73. The summed E-state index contributed by atoms with van der Waals surface area (Å²) in [5.41, 5.74) is 8.09. The lowest BCUT2D eigenvalue weighted by Gasteiger charge is -2.17.